The first kappa shape index (κ1) is 20.4. The zero-order valence-corrected chi connectivity index (χ0v) is 16.9. The third-order valence-corrected chi connectivity index (χ3v) is 4.98. The van der Waals surface area contributed by atoms with Gasteiger partial charge in [0.1, 0.15) is 5.82 Å². The van der Waals surface area contributed by atoms with Gasteiger partial charge in [-0.25, -0.2) is 4.98 Å². The maximum absolute atomic E-state index is 5.69. The molecule has 3 rings (SSSR count). The summed E-state index contributed by atoms with van der Waals surface area (Å²) in [6, 6.07) is 10.4. The summed E-state index contributed by atoms with van der Waals surface area (Å²) >= 11 is 0. The first-order valence-electron chi connectivity index (χ1n) is 9.86. The van der Waals surface area contributed by atoms with E-state index >= 15 is 0 Å². The second-order valence-corrected chi connectivity index (χ2v) is 7.03. The summed E-state index contributed by atoms with van der Waals surface area (Å²) < 4.78 is 12.9. The zero-order chi connectivity index (χ0) is 19.6. The number of methoxy groups -OCH3 is 1. The van der Waals surface area contributed by atoms with E-state index in [4.69, 9.17) is 9.47 Å². The van der Waals surface area contributed by atoms with Crippen molar-refractivity contribution in [2.45, 2.75) is 19.5 Å². The smallest absolute Gasteiger partial charge is 0.194 e. The van der Waals surface area contributed by atoms with E-state index in [9.17, 15) is 0 Å². The zero-order valence-electron chi connectivity index (χ0n) is 16.9. The standard InChI is InChI=1S/C21H31N5O2/c1-22-21(26-10-8-19(16-26)17-28-13-12-27-2)24-14-20-23-9-11-25(20)15-18-6-4-3-5-7-18/h3-7,9,11,19H,8,10,12-17H2,1-2H3,(H,22,24). The molecule has 0 radical (unpaired) electrons. The highest BCUT2D eigenvalue weighted by atomic mass is 16.5. The van der Waals surface area contributed by atoms with Crippen LogP contribution in [-0.2, 0) is 22.6 Å². The predicted molar refractivity (Wildman–Crippen MR) is 110 cm³/mol. The molecular weight excluding hydrogens is 354 g/mol. The lowest BCUT2D eigenvalue weighted by Crippen LogP contribution is -2.40. The minimum Gasteiger partial charge on any atom is -0.382 e. The Labute approximate surface area is 167 Å². The molecule has 7 nitrogen and oxygen atoms in total. The Balaban J connectivity index is 1.48. The van der Waals surface area contributed by atoms with Crippen LogP contribution in [0.3, 0.4) is 0 Å². The molecule has 0 saturated carbocycles. The Morgan fingerprint density at radius 2 is 2.14 bits per heavy atom. The van der Waals surface area contributed by atoms with Crippen LogP contribution in [0.1, 0.15) is 17.8 Å². The summed E-state index contributed by atoms with van der Waals surface area (Å²) in [6.07, 6.45) is 5.00. The van der Waals surface area contributed by atoms with Gasteiger partial charge in [0.05, 0.1) is 26.4 Å². The summed E-state index contributed by atoms with van der Waals surface area (Å²) in [5, 5.41) is 3.47. The quantitative estimate of drug-likeness (QED) is 0.406. The van der Waals surface area contributed by atoms with E-state index in [1.807, 2.05) is 25.5 Å². The Morgan fingerprint density at radius 1 is 1.29 bits per heavy atom. The monoisotopic (exact) mass is 385 g/mol. The Hall–Kier alpha value is -2.38. The molecule has 7 heteroatoms. The van der Waals surface area contributed by atoms with Crippen LogP contribution < -0.4 is 5.32 Å². The third kappa shape index (κ3) is 5.81. The summed E-state index contributed by atoms with van der Waals surface area (Å²) in [6.45, 7) is 5.51. The van der Waals surface area contributed by atoms with Crippen molar-refractivity contribution in [2.75, 3.05) is 47.1 Å². The van der Waals surface area contributed by atoms with Crippen LogP contribution in [0.25, 0.3) is 0 Å². The molecule has 1 atom stereocenters. The van der Waals surface area contributed by atoms with Gasteiger partial charge in [0.2, 0.25) is 0 Å². The minimum absolute atomic E-state index is 0.537. The topological polar surface area (TPSA) is 63.9 Å². The lowest BCUT2D eigenvalue weighted by Gasteiger charge is -2.22. The Bertz CT molecular complexity index is 731. The maximum atomic E-state index is 5.69. The number of nitrogens with zero attached hydrogens (tertiary/aromatic N) is 4. The molecule has 152 valence electrons. The number of hydrogen-bond acceptors (Lipinski definition) is 4. The molecule has 1 aromatic heterocycles. The molecule has 0 spiro atoms. The van der Waals surface area contributed by atoms with Gasteiger partial charge in [-0.2, -0.15) is 0 Å². The average Bonchev–Trinajstić information content (AvgIpc) is 3.37. The van der Waals surface area contributed by atoms with Crippen LogP contribution in [0, 0.1) is 5.92 Å². The number of imidazole rings is 1. The Kier molecular flexibility index (Phi) is 7.87. The number of ether oxygens (including phenoxy) is 2. The third-order valence-electron chi connectivity index (χ3n) is 4.98. The summed E-state index contributed by atoms with van der Waals surface area (Å²) in [4.78, 5) is 11.3. The molecule has 0 amide bonds. The maximum Gasteiger partial charge on any atom is 0.194 e. The SMILES string of the molecule is CN=C(NCc1nccn1Cc1ccccc1)N1CCC(COCCOC)C1. The predicted octanol–water partition coefficient (Wildman–Crippen LogP) is 1.99. The lowest BCUT2D eigenvalue weighted by molar-refractivity contribution is 0.0536. The summed E-state index contributed by atoms with van der Waals surface area (Å²) in [7, 11) is 3.53. The van der Waals surface area contributed by atoms with Crippen molar-refractivity contribution >= 4 is 5.96 Å². The number of likely N-dealkylation sites (tertiary alicyclic amines) is 1. The number of aliphatic imine (C=N–C) groups is 1. The first-order chi connectivity index (χ1) is 13.8. The fourth-order valence-electron chi connectivity index (χ4n) is 3.48. The van der Waals surface area contributed by atoms with E-state index in [1.165, 1.54) is 5.56 Å². The van der Waals surface area contributed by atoms with Crippen molar-refractivity contribution in [2.24, 2.45) is 10.9 Å². The van der Waals surface area contributed by atoms with Gasteiger partial charge >= 0.3 is 0 Å². The van der Waals surface area contributed by atoms with Gasteiger partial charge in [-0.05, 0) is 12.0 Å². The van der Waals surface area contributed by atoms with Crippen LogP contribution in [0.2, 0.25) is 0 Å². The molecule has 1 fully saturated rings. The van der Waals surface area contributed by atoms with Crippen LogP contribution in [-0.4, -0.2) is 67.5 Å². The van der Waals surface area contributed by atoms with Crippen LogP contribution in [0.15, 0.2) is 47.7 Å². The van der Waals surface area contributed by atoms with E-state index in [2.05, 4.69) is 49.0 Å². The van der Waals surface area contributed by atoms with Crippen LogP contribution in [0.4, 0.5) is 0 Å². The molecule has 1 aliphatic heterocycles. The van der Waals surface area contributed by atoms with Crippen molar-refractivity contribution in [1.82, 2.24) is 19.8 Å². The molecule has 1 unspecified atom stereocenters. The van der Waals surface area contributed by atoms with Gasteiger partial charge in [-0.15, -0.1) is 0 Å². The number of benzene rings is 1. The molecule has 1 saturated heterocycles. The van der Waals surface area contributed by atoms with Gasteiger partial charge < -0.3 is 24.3 Å². The second kappa shape index (κ2) is 10.8. The van der Waals surface area contributed by atoms with Gasteiger partial charge in [0, 0.05) is 52.1 Å². The second-order valence-electron chi connectivity index (χ2n) is 7.03. The number of guanidine groups is 1. The van der Waals surface area contributed by atoms with Crippen LogP contribution in [0.5, 0.6) is 0 Å². The number of hydrogen-bond donors (Lipinski definition) is 1. The molecule has 0 aliphatic carbocycles. The molecular formula is C21H31N5O2. The average molecular weight is 386 g/mol. The van der Waals surface area contributed by atoms with Crippen molar-refractivity contribution in [3.8, 4) is 0 Å². The molecule has 2 heterocycles. The van der Waals surface area contributed by atoms with Gasteiger partial charge in [-0.3, -0.25) is 4.99 Å². The highest BCUT2D eigenvalue weighted by Crippen LogP contribution is 2.16. The highest BCUT2D eigenvalue weighted by Gasteiger charge is 2.25. The summed E-state index contributed by atoms with van der Waals surface area (Å²) in [5.41, 5.74) is 1.27. The molecule has 28 heavy (non-hydrogen) atoms. The molecule has 1 aliphatic rings. The van der Waals surface area contributed by atoms with Crippen molar-refractivity contribution in [1.29, 1.82) is 0 Å². The van der Waals surface area contributed by atoms with E-state index in [0.29, 0.717) is 25.7 Å². The molecule has 1 N–H and O–H groups in total. The molecule has 2 aromatic rings. The summed E-state index contributed by atoms with van der Waals surface area (Å²) in [5.74, 6) is 2.47. The van der Waals surface area contributed by atoms with Crippen molar-refractivity contribution < 1.29 is 9.47 Å². The van der Waals surface area contributed by atoms with Crippen molar-refractivity contribution in [3.05, 3.63) is 54.1 Å². The Morgan fingerprint density at radius 3 is 2.93 bits per heavy atom. The van der Waals surface area contributed by atoms with E-state index in [1.54, 1.807) is 7.11 Å². The fraction of sp³-hybridized carbons (Fsp3) is 0.524. The molecule has 1 aromatic carbocycles. The van der Waals surface area contributed by atoms with E-state index in [0.717, 1.165) is 44.4 Å². The fourth-order valence-corrected chi connectivity index (χ4v) is 3.48. The largest absolute Gasteiger partial charge is 0.382 e. The normalized spacial score (nSPS) is 17.3. The number of rotatable bonds is 9. The van der Waals surface area contributed by atoms with Gasteiger partial charge in [0.15, 0.2) is 5.96 Å². The molecule has 0 bridgehead atoms. The van der Waals surface area contributed by atoms with E-state index < -0.39 is 0 Å². The van der Waals surface area contributed by atoms with Crippen LogP contribution >= 0.6 is 0 Å². The number of nitrogens with one attached hydrogen (secondary N) is 1. The first-order valence-corrected chi connectivity index (χ1v) is 9.86. The van der Waals surface area contributed by atoms with Crippen molar-refractivity contribution in [3.63, 3.8) is 0 Å². The van der Waals surface area contributed by atoms with E-state index in [-0.39, 0.29) is 0 Å². The number of aromatic nitrogens is 2. The lowest BCUT2D eigenvalue weighted by atomic mass is 10.1. The minimum atomic E-state index is 0.537. The highest BCUT2D eigenvalue weighted by molar-refractivity contribution is 5.80. The van der Waals surface area contributed by atoms with Gasteiger partial charge in [-0.1, -0.05) is 30.3 Å². The van der Waals surface area contributed by atoms with Gasteiger partial charge in [0.25, 0.3) is 0 Å².